The molecule has 0 aromatic heterocycles. The third kappa shape index (κ3) is 9.16. The van der Waals surface area contributed by atoms with Gasteiger partial charge in [-0.05, 0) is 84.1 Å². The van der Waals surface area contributed by atoms with E-state index in [2.05, 4.69) is 40.6 Å². The average molecular weight is 879 g/mol. The standard InChI is InChI=1S/2C20H22N2O2.C13H18N2O.CH4/c2*1-19(2)16-10-11-22(18(24)14-8-6-5-7-9-14)13-20(16,3)12-15(21-4)17(19)23;1-12(2)10-5-6-15-8-13(10,3)7-9(14-4)11(12)16;/h2*5-9,12,16H,10-11,13H2,1-3H3;7,10,15H,5-6,8H2,1-3H3;1H4/t2*16-,20+;10-,13+;/m100./s1. The van der Waals surface area contributed by atoms with Crippen molar-refractivity contribution in [3.05, 3.63) is 141 Å². The van der Waals surface area contributed by atoms with Gasteiger partial charge in [0, 0.05) is 60.1 Å². The monoisotopic (exact) mass is 879 g/mol. The number of nitrogens with zero attached hydrogens (tertiary/aromatic N) is 5. The molecule has 0 saturated carbocycles. The number of piperidine rings is 3. The molecule has 3 fully saturated rings. The van der Waals surface area contributed by atoms with Crippen LogP contribution in [-0.2, 0) is 14.4 Å². The van der Waals surface area contributed by atoms with Gasteiger partial charge in [0.2, 0.25) is 17.1 Å². The molecule has 342 valence electrons. The number of likely N-dealkylation sites (tertiary alicyclic amines) is 2. The first-order valence-electron chi connectivity index (χ1n) is 22.4. The number of carbonyl (C=O) groups excluding carboxylic acids is 5. The fourth-order valence-electron chi connectivity index (χ4n) is 12.2. The van der Waals surface area contributed by atoms with E-state index in [1.165, 1.54) is 0 Å². The fourth-order valence-corrected chi connectivity index (χ4v) is 12.2. The molecule has 0 radical (unpaired) electrons. The van der Waals surface area contributed by atoms with Crippen molar-refractivity contribution in [3.63, 3.8) is 0 Å². The maximum atomic E-state index is 12.8. The van der Waals surface area contributed by atoms with Gasteiger partial charge in [0.05, 0.1) is 19.7 Å². The lowest BCUT2D eigenvalue weighted by atomic mass is 9.55. The minimum atomic E-state index is -0.564. The van der Waals surface area contributed by atoms with Gasteiger partial charge in [-0.3, -0.25) is 9.59 Å². The summed E-state index contributed by atoms with van der Waals surface area (Å²) in [6.45, 7) is 44.0. The largest absolute Gasteiger partial charge is 0.338 e. The topological polar surface area (TPSA) is 117 Å². The molecule has 0 spiro atoms. The second-order valence-electron chi connectivity index (χ2n) is 21.0. The molecule has 0 bridgehead atoms. The molecule has 2 aromatic carbocycles. The Morgan fingerprint density at radius 1 is 0.538 bits per heavy atom. The van der Waals surface area contributed by atoms with Crippen LogP contribution in [0.15, 0.2) is 96.0 Å². The van der Waals surface area contributed by atoms with Gasteiger partial charge in [-0.25, -0.2) is 14.5 Å². The number of fused-ring (bicyclic) bond motifs is 3. The van der Waals surface area contributed by atoms with Gasteiger partial charge in [0.25, 0.3) is 11.8 Å². The van der Waals surface area contributed by atoms with Crippen LogP contribution in [0.2, 0.25) is 0 Å². The Balaban J connectivity index is 0.000000186. The predicted molar refractivity (Wildman–Crippen MR) is 253 cm³/mol. The van der Waals surface area contributed by atoms with E-state index in [0.717, 1.165) is 32.4 Å². The van der Waals surface area contributed by atoms with Crippen molar-refractivity contribution >= 4 is 29.2 Å². The normalized spacial score (nSPS) is 30.3. The Kier molecular flexibility index (Phi) is 14.2. The number of carbonyl (C=O) groups is 5. The molecule has 3 aliphatic carbocycles. The zero-order valence-corrected chi connectivity index (χ0v) is 38.9. The Bertz CT molecular complexity index is 2310. The summed E-state index contributed by atoms with van der Waals surface area (Å²) in [5, 5.41) is 3.36. The summed E-state index contributed by atoms with van der Waals surface area (Å²) < 4.78 is 0. The summed E-state index contributed by atoms with van der Waals surface area (Å²) in [6, 6.07) is 18.5. The number of benzene rings is 2. The van der Waals surface area contributed by atoms with Gasteiger partial charge in [-0.1, -0.05) is 124 Å². The Labute approximate surface area is 386 Å². The molecule has 8 rings (SSSR count). The van der Waals surface area contributed by atoms with E-state index < -0.39 is 16.2 Å². The van der Waals surface area contributed by atoms with E-state index in [1.54, 1.807) is 0 Å². The maximum absolute atomic E-state index is 12.8. The Hall–Kier alpha value is -5.96. The number of allylic oxidation sites excluding steroid dienone is 3. The molecule has 11 nitrogen and oxygen atoms in total. The molecule has 3 heterocycles. The second kappa shape index (κ2) is 18.5. The van der Waals surface area contributed by atoms with Crippen LogP contribution < -0.4 is 5.32 Å². The first-order chi connectivity index (χ1) is 30.0. The van der Waals surface area contributed by atoms with E-state index in [4.69, 9.17) is 19.7 Å². The highest BCUT2D eigenvalue weighted by atomic mass is 16.2. The second-order valence-corrected chi connectivity index (χ2v) is 21.0. The lowest BCUT2D eigenvalue weighted by Gasteiger charge is -2.53. The number of Topliss-reactive ketones (excluding diaryl/α,β-unsaturated/α-hetero) is 3. The summed E-state index contributed by atoms with van der Waals surface area (Å²) >= 11 is 0. The molecule has 2 aromatic rings. The number of amides is 2. The van der Waals surface area contributed by atoms with Gasteiger partial charge in [0.15, 0.2) is 17.3 Å². The van der Waals surface area contributed by atoms with Crippen molar-refractivity contribution in [2.75, 3.05) is 39.3 Å². The molecular weight excluding hydrogens is 813 g/mol. The average Bonchev–Trinajstić information content (AvgIpc) is 3.27. The number of hydrogen-bond acceptors (Lipinski definition) is 6. The van der Waals surface area contributed by atoms with Crippen LogP contribution in [0, 0.1) is 70.0 Å². The van der Waals surface area contributed by atoms with Gasteiger partial charge >= 0.3 is 0 Å². The van der Waals surface area contributed by atoms with Gasteiger partial charge in [-0.2, -0.15) is 0 Å². The van der Waals surface area contributed by atoms with Crippen LogP contribution in [0.4, 0.5) is 0 Å². The zero-order valence-electron chi connectivity index (χ0n) is 38.9. The summed E-state index contributed by atoms with van der Waals surface area (Å²) in [5.74, 6) is 0.549. The van der Waals surface area contributed by atoms with Crippen molar-refractivity contribution in [1.29, 1.82) is 0 Å². The molecule has 2 amide bonds. The van der Waals surface area contributed by atoms with Gasteiger partial charge < -0.3 is 29.5 Å². The lowest BCUT2D eigenvalue weighted by Crippen LogP contribution is -2.56. The number of nitrogens with one attached hydrogen (secondary N) is 1. The molecule has 1 N–H and O–H groups in total. The van der Waals surface area contributed by atoms with Crippen molar-refractivity contribution < 1.29 is 24.0 Å². The Morgan fingerprint density at radius 3 is 1.20 bits per heavy atom. The zero-order chi connectivity index (χ0) is 47.0. The van der Waals surface area contributed by atoms with Crippen molar-refractivity contribution in [2.45, 2.75) is 89.0 Å². The highest BCUT2D eigenvalue weighted by Gasteiger charge is 2.55. The van der Waals surface area contributed by atoms with Crippen LogP contribution in [0.5, 0.6) is 0 Å². The molecule has 3 aliphatic heterocycles. The smallest absolute Gasteiger partial charge is 0.253 e. The molecule has 3 saturated heterocycles. The van der Waals surface area contributed by atoms with Crippen molar-refractivity contribution in [3.8, 4) is 0 Å². The molecule has 0 unspecified atom stereocenters. The highest BCUT2D eigenvalue weighted by Crippen LogP contribution is 2.54. The molecule has 6 atom stereocenters. The van der Waals surface area contributed by atoms with E-state index in [9.17, 15) is 24.0 Å². The van der Waals surface area contributed by atoms with Gasteiger partial charge in [-0.15, -0.1) is 0 Å². The van der Waals surface area contributed by atoms with Crippen LogP contribution in [0.3, 0.4) is 0 Å². The minimum Gasteiger partial charge on any atom is -0.338 e. The minimum absolute atomic E-state index is 0. The predicted octanol–water partition coefficient (Wildman–Crippen LogP) is 9.78. The van der Waals surface area contributed by atoms with Crippen molar-refractivity contribution in [2.24, 2.45) is 50.2 Å². The van der Waals surface area contributed by atoms with E-state index >= 15 is 0 Å². The summed E-state index contributed by atoms with van der Waals surface area (Å²) in [6.07, 6.45) is 8.07. The SMILES string of the molecule is C.[C-]#[N+]C1=C[C@@]2(C)CN(C(=O)c3ccccc3)CC[C@@H]2C(C)(C)C1=O.[C-]#[N+]C1=C[C@]2(C)CN(C(=O)c3ccccc3)CC[C@H]2C(C)(C)C1=O.[C-]#[N+]C1=C[C@]2(C)CNCC[C@H]2C(C)(C)C1=O. The molecule has 11 heteroatoms. The van der Waals surface area contributed by atoms with Gasteiger partial charge in [0.1, 0.15) is 0 Å². The first kappa shape index (κ1) is 50.0. The maximum Gasteiger partial charge on any atom is 0.253 e. The molecule has 6 aliphatic rings. The van der Waals surface area contributed by atoms with Crippen LogP contribution in [-0.4, -0.2) is 78.2 Å². The lowest BCUT2D eigenvalue weighted by molar-refractivity contribution is -0.132. The van der Waals surface area contributed by atoms with Crippen molar-refractivity contribution in [1.82, 2.24) is 15.1 Å². The number of rotatable bonds is 2. The van der Waals surface area contributed by atoms with E-state index in [1.807, 2.05) is 130 Å². The van der Waals surface area contributed by atoms with Crippen LogP contribution in [0.25, 0.3) is 14.5 Å². The van der Waals surface area contributed by atoms with Crippen LogP contribution >= 0.6 is 0 Å². The highest BCUT2D eigenvalue weighted by molar-refractivity contribution is 6.04. The molecular formula is C54H66N6O5. The number of ketones is 3. The Morgan fingerprint density at radius 2 is 0.862 bits per heavy atom. The summed E-state index contributed by atoms with van der Waals surface area (Å²) in [5.41, 5.74) is -0.148. The third-order valence-electron chi connectivity index (χ3n) is 15.4. The fraction of sp³-hybridized carbons (Fsp3) is 0.519. The quantitative estimate of drug-likeness (QED) is 0.301. The first-order valence-corrected chi connectivity index (χ1v) is 22.4. The molecule has 65 heavy (non-hydrogen) atoms. The number of hydrogen-bond donors (Lipinski definition) is 1. The van der Waals surface area contributed by atoms with E-state index in [0.29, 0.717) is 48.9 Å². The third-order valence-corrected chi connectivity index (χ3v) is 15.4. The summed E-state index contributed by atoms with van der Waals surface area (Å²) in [7, 11) is 0. The van der Waals surface area contributed by atoms with Crippen LogP contribution in [0.1, 0.15) is 110 Å². The van der Waals surface area contributed by atoms with E-state index in [-0.39, 0.29) is 76.1 Å². The summed E-state index contributed by atoms with van der Waals surface area (Å²) in [4.78, 5) is 76.8.